The van der Waals surface area contributed by atoms with Crippen molar-refractivity contribution in [1.29, 1.82) is 0 Å². The molecule has 3 N–H and O–H groups in total. The molecular formula is C12H19N7O. The summed E-state index contributed by atoms with van der Waals surface area (Å²) in [7, 11) is 1.71. The molecular weight excluding hydrogens is 258 g/mol. The lowest BCUT2D eigenvalue weighted by atomic mass is 10.2. The number of nitrogen functional groups attached to an aromatic ring is 1. The standard InChI is InChI=1S/C12H19N7O/c1-20-9-4-2-3-6-14-11-16-10(13)17-12(18-11)19-8-5-7-15-19/h5,7-8H,2-4,6,9H2,1H3,(H3,13,14,16,17,18). The minimum Gasteiger partial charge on any atom is -0.385 e. The Kier molecular flexibility index (Phi) is 5.24. The summed E-state index contributed by atoms with van der Waals surface area (Å²) in [5.41, 5.74) is 5.68. The summed E-state index contributed by atoms with van der Waals surface area (Å²) in [6.45, 7) is 1.58. The second-order valence-electron chi connectivity index (χ2n) is 4.25. The first-order valence-electron chi connectivity index (χ1n) is 6.54. The van der Waals surface area contributed by atoms with Gasteiger partial charge in [-0.15, -0.1) is 0 Å². The summed E-state index contributed by atoms with van der Waals surface area (Å²) in [4.78, 5) is 12.4. The van der Waals surface area contributed by atoms with Crippen LogP contribution in [-0.4, -0.2) is 45.0 Å². The molecule has 2 aromatic rings. The molecule has 0 spiro atoms. The van der Waals surface area contributed by atoms with Crippen LogP contribution in [0.2, 0.25) is 0 Å². The van der Waals surface area contributed by atoms with Crippen LogP contribution in [0, 0.1) is 0 Å². The first kappa shape index (κ1) is 14.2. The second kappa shape index (κ2) is 7.39. The zero-order chi connectivity index (χ0) is 14.2. The molecule has 2 heterocycles. The van der Waals surface area contributed by atoms with Crippen LogP contribution in [-0.2, 0) is 4.74 Å². The average molecular weight is 277 g/mol. The maximum absolute atomic E-state index is 5.68. The number of unbranched alkanes of at least 4 members (excludes halogenated alkanes) is 2. The van der Waals surface area contributed by atoms with Crippen molar-refractivity contribution >= 4 is 11.9 Å². The Labute approximate surface area is 117 Å². The fourth-order valence-electron chi connectivity index (χ4n) is 1.70. The van der Waals surface area contributed by atoms with Gasteiger partial charge in [-0.25, -0.2) is 4.68 Å². The smallest absolute Gasteiger partial charge is 0.257 e. The predicted octanol–water partition coefficient (Wildman–Crippen LogP) is 0.868. The van der Waals surface area contributed by atoms with Gasteiger partial charge in [0.15, 0.2) is 0 Å². The molecule has 8 nitrogen and oxygen atoms in total. The number of anilines is 2. The largest absolute Gasteiger partial charge is 0.385 e. The topological polar surface area (TPSA) is 104 Å². The van der Waals surface area contributed by atoms with Gasteiger partial charge in [0.2, 0.25) is 11.9 Å². The number of rotatable bonds is 8. The van der Waals surface area contributed by atoms with Gasteiger partial charge in [-0.2, -0.15) is 20.1 Å². The van der Waals surface area contributed by atoms with Gasteiger partial charge in [-0.3, -0.25) is 0 Å². The maximum Gasteiger partial charge on any atom is 0.257 e. The van der Waals surface area contributed by atoms with Crippen LogP contribution in [0.3, 0.4) is 0 Å². The SMILES string of the molecule is COCCCCCNc1nc(N)nc(-n2cccn2)n1. The maximum atomic E-state index is 5.68. The van der Waals surface area contributed by atoms with Crippen LogP contribution in [0.25, 0.3) is 5.95 Å². The van der Waals surface area contributed by atoms with E-state index in [4.69, 9.17) is 10.5 Å². The molecule has 2 rings (SSSR count). The summed E-state index contributed by atoms with van der Waals surface area (Å²) >= 11 is 0. The number of hydrogen-bond donors (Lipinski definition) is 2. The third-order valence-electron chi connectivity index (χ3n) is 2.66. The van der Waals surface area contributed by atoms with E-state index in [1.54, 1.807) is 30.3 Å². The zero-order valence-corrected chi connectivity index (χ0v) is 11.5. The third kappa shape index (κ3) is 4.16. The number of hydrogen-bond acceptors (Lipinski definition) is 7. The van der Waals surface area contributed by atoms with Gasteiger partial charge in [0, 0.05) is 32.7 Å². The second-order valence-corrected chi connectivity index (χ2v) is 4.25. The summed E-state index contributed by atoms with van der Waals surface area (Å²) < 4.78 is 6.54. The Morgan fingerprint density at radius 2 is 2.15 bits per heavy atom. The number of ether oxygens (including phenoxy) is 1. The molecule has 0 aromatic carbocycles. The van der Waals surface area contributed by atoms with E-state index in [2.05, 4.69) is 25.4 Å². The number of nitrogens with zero attached hydrogens (tertiary/aromatic N) is 5. The van der Waals surface area contributed by atoms with Gasteiger partial charge in [0.25, 0.3) is 5.95 Å². The van der Waals surface area contributed by atoms with E-state index in [1.165, 1.54) is 0 Å². The van der Waals surface area contributed by atoms with Gasteiger partial charge in [-0.05, 0) is 25.3 Å². The Balaban J connectivity index is 1.88. The van der Waals surface area contributed by atoms with Crippen molar-refractivity contribution in [2.24, 2.45) is 0 Å². The first-order chi connectivity index (χ1) is 9.79. The lowest BCUT2D eigenvalue weighted by molar-refractivity contribution is 0.192. The molecule has 0 aliphatic carbocycles. The van der Waals surface area contributed by atoms with Crippen molar-refractivity contribution in [2.75, 3.05) is 31.3 Å². The van der Waals surface area contributed by atoms with E-state index in [9.17, 15) is 0 Å². The minimum absolute atomic E-state index is 0.174. The summed E-state index contributed by atoms with van der Waals surface area (Å²) in [6.07, 6.45) is 6.57. The van der Waals surface area contributed by atoms with Crippen molar-refractivity contribution in [3.8, 4) is 5.95 Å². The van der Waals surface area contributed by atoms with Crippen LogP contribution >= 0.6 is 0 Å². The monoisotopic (exact) mass is 277 g/mol. The van der Waals surface area contributed by atoms with E-state index >= 15 is 0 Å². The Morgan fingerprint density at radius 1 is 1.25 bits per heavy atom. The summed E-state index contributed by atoms with van der Waals surface area (Å²) in [6, 6.07) is 1.79. The minimum atomic E-state index is 0.174. The number of nitrogens with one attached hydrogen (secondary N) is 1. The zero-order valence-electron chi connectivity index (χ0n) is 11.5. The molecule has 0 aliphatic rings. The van der Waals surface area contributed by atoms with Gasteiger partial charge in [0.05, 0.1) is 0 Å². The molecule has 2 aromatic heterocycles. The van der Waals surface area contributed by atoms with Crippen molar-refractivity contribution in [3.63, 3.8) is 0 Å². The van der Waals surface area contributed by atoms with Gasteiger partial charge in [0.1, 0.15) is 0 Å². The van der Waals surface area contributed by atoms with Crippen LogP contribution in [0.4, 0.5) is 11.9 Å². The van der Waals surface area contributed by atoms with E-state index in [0.29, 0.717) is 11.9 Å². The Morgan fingerprint density at radius 3 is 2.90 bits per heavy atom. The fourth-order valence-corrected chi connectivity index (χ4v) is 1.70. The number of aromatic nitrogens is 5. The highest BCUT2D eigenvalue weighted by atomic mass is 16.5. The molecule has 8 heteroatoms. The van der Waals surface area contributed by atoms with Crippen molar-refractivity contribution < 1.29 is 4.74 Å². The summed E-state index contributed by atoms with van der Waals surface area (Å²) in [5.74, 6) is 1.05. The highest BCUT2D eigenvalue weighted by molar-refractivity contribution is 5.34. The quantitative estimate of drug-likeness (QED) is 0.690. The van der Waals surface area contributed by atoms with Gasteiger partial charge < -0.3 is 15.8 Å². The third-order valence-corrected chi connectivity index (χ3v) is 2.66. The fraction of sp³-hybridized carbons (Fsp3) is 0.500. The molecule has 0 saturated carbocycles. The highest BCUT2D eigenvalue weighted by Crippen LogP contribution is 2.06. The van der Waals surface area contributed by atoms with Gasteiger partial charge >= 0.3 is 0 Å². The van der Waals surface area contributed by atoms with Crippen LogP contribution in [0.5, 0.6) is 0 Å². The highest BCUT2D eigenvalue weighted by Gasteiger charge is 2.05. The molecule has 0 fully saturated rings. The lowest BCUT2D eigenvalue weighted by Gasteiger charge is -2.07. The van der Waals surface area contributed by atoms with E-state index in [-0.39, 0.29) is 5.95 Å². The molecule has 20 heavy (non-hydrogen) atoms. The summed E-state index contributed by atoms with van der Waals surface area (Å²) in [5, 5.41) is 7.21. The number of methoxy groups -OCH3 is 1. The molecule has 0 unspecified atom stereocenters. The van der Waals surface area contributed by atoms with Crippen LogP contribution in [0.1, 0.15) is 19.3 Å². The average Bonchev–Trinajstić information content (AvgIpc) is 2.96. The molecule has 0 saturated heterocycles. The van der Waals surface area contributed by atoms with Crippen LogP contribution in [0.15, 0.2) is 18.5 Å². The van der Waals surface area contributed by atoms with Crippen molar-refractivity contribution in [3.05, 3.63) is 18.5 Å². The Hall–Kier alpha value is -2.22. The molecule has 0 atom stereocenters. The molecule has 0 radical (unpaired) electrons. The van der Waals surface area contributed by atoms with Crippen molar-refractivity contribution in [2.45, 2.75) is 19.3 Å². The lowest BCUT2D eigenvalue weighted by Crippen LogP contribution is -2.12. The predicted molar refractivity (Wildman–Crippen MR) is 75.6 cm³/mol. The normalized spacial score (nSPS) is 10.7. The van der Waals surface area contributed by atoms with E-state index in [0.717, 1.165) is 32.4 Å². The molecule has 0 amide bonds. The van der Waals surface area contributed by atoms with Gasteiger partial charge in [-0.1, -0.05) is 0 Å². The van der Waals surface area contributed by atoms with E-state index in [1.807, 2.05) is 0 Å². The van der Waals surface area contributed by atoms with Crippen molar-refractivity contribution in [1.82, 2.24) is 24.7 Å². The Bertz CT molecular complexity index is 515. The van der Waals surface area contributed by atoms with E-state index < -0.39 is 0 Å². The molecule has 0 aliphatic heterocycles. The van der Waals surface area contributed by atoms with Crippen LogP contribution < -0.4 is 11.1 Å². The number of nitrogens with two attached hydrogens (primary N) is 1. The first-order valence-corrected chi connectivity index (χ1v) is 6.54. The molecule has 0 bridgehead atoms. The molecule has 108 valence electrons.